The summed E-state index contributed by atoms with van der Waals surface area (Å²) in [5.41, 5.74) is 14.0. The lowest BCUT2D eigenvalue weighted by Gasteiger charge is -2.20. The van der Waals surface area contributed by atoms with Crippen LogP contribution in [0.15, 0.2) is 30.5 Å². The van der Waals surface area contributed by atoms with Crippen LogP contribution in [0.25, 0.3) is 11.2 Å². The average Bonchev–Trinajstić information content (AvgIpc) is 2.76. The number of nitrogens with one attached hydrogen (secondary N) is 1. The first-order chi connectivity index (χ1) is 15.3. The van der Waals surface area contributed by atoms with E-state index in [9.17, 15) is 14.7 Å². The van der Waals surface area contributed by atoms with E-state index >= 15 is 0 Å². The third kappa shape index (κ3) is 5.55. The number of aliphatic carboxylic acids is 1. The molecular formula is C20H24N8O4. The number of anilines is 3. The summed E-state index contributed by atoms with van der Waals surface area (Å²) in [6, 6.07) is 6.21. The van der Waals surface area contributed by atoms with E-state index in [-0.39, 0.29) is 31.2 Å². The Hall–Kier alpha value is -4.06. The largest absolute Gasteiger partial charge is 0.481 e. The second kappa shape index (κ2) is 9.83. The number of aromatic nitrogens is 4. The molecule has 0 saturated heterocycles. The number of nitrogens with zero attached hydrogens (tertiary/aromatic N) is 5. The van der Waals surface area contributed by atoms with Gasteiger partial charge in [0.05, 0.1) is 31.1 Å². The summed E-state index contributed by atoms with van der Waals surface area (Å²) in [5, 5.41) is 20.7. The molecule has 1 amide bonds. The van der Waals surface area contributed by atoms with Crippen molar-refractivity contribution < 1.29 is 19.8 Å². The number of aliphatic hydroxyl groups excluding tert-OH is 1. The highest BCUT2D eigenvalue weighted by atomic mass is 16.4. The zero-order chi connectivity index (χ0) is 23.3. The van der Waals surface area contributed by atoms with Crippen LogP contribution in [0.1, 0.15) is 28.9 Å². The molecule has 3 aromatic rings. The number of carbonyl (C=O) groups excluding carboxylic acids is 1. The van der Waals surface area contributed by atoms with E-state index in [1.165, 1.54) is 0 Å². The van der Waals surface area contributed by atoms with Crippen LogP contribution >= 0.6 is 0 Å². The number of benzene rings is 1. The molecule has 2 heterocycles. The fraction of sp³-hybridized carbons (Fsp3) is 0.300. The molecule has 12 heteroatoms. The quantitative estimate of drug-likeness (QED) is 0.304. The summed E-state index contributed by atoms with van der Waals surface area (Å²) in [5.74, 6) is -1.19. The molecule has 1 unspecified atom stereocenters. The summed E-state index contributed by atoms with van der Waals surface area (Å²) in [7, 11) is 1.86. The Morgan fingerprint density at radius 1 is 1.16 bits per heavy atom. The molecule has 2 aromatic heterocycles. The Kier molecular flexibility index (Phi) is 6.95. The lowest BCUT2D eigenvalue weighted by molar-refractivity contribution is -0.137. The molecule has 0 fully saturated rings. The number of carboxylic acid groups (broad SMARTS) is 1. The molecule has 0 bridgehead atoms. The molecule has 1 aromatic carbocycles. The van der Waals surface area contributed by atoms with E-state index in [1.54, 1.807) is 30.5 Å². The van der Waals surface area contributed by atoms with Gasteiger partial charge in [-0.2, -0.15) is 9.97 Å². The predicted octanol–water partition coefficient (Wildman–Crippen LogP) is 0.176. The maximum atomic E-state index is 12.4. The van der Waals surface area contributed by atoms with Crippen molar-refractivity contribution in [3.63, 3.8) is 0 Å². The first-order valence-corrected chi connectivity index (χ1v) is 9.76. The van der Waals surface area contributed by atoms with Crippen molar-refractivity contribution >= 4 is 40.5 Å². The highest BCUT2D eigenvalue weighted by molar-refractivity contribution is 5.94. The van der Waals surface area contributed by atoms with Crippen molar-refractivity contribution in [3.8, 4) is 0 Å². The molecule has 0 aliphatic heterocycles. The zero-order valence-electron chi connectivity index (χ0n) is 17.4. The fourth-order valence-corrected chi connectivity index (χ4v) is 3.04. The van der Waals surface area contributed by atoms with Gasteiger partial charge in [-0.1, -0.05) is 0 Å². The van der Waals surface area contributed by atoms with Crippen LogP contribution < -0.4 is 21.7 Å². The Balaban J connectivity index is 1.66. The number of nitrogen functional groups attached to an aromatic ring is 2. The van der Waals surface area contributed by atoms with Gasteiger partial charge in [0.15, 0.2) is 17.0 Å². The molecule has 0 aliphatic carbocycles. The van der Waals surface area contributed by atoms with Gasteiger partial charge in [0, 0.05) is 24.7 Å². The number of hydrogen-bond donors (Lipinski definition) is 5. The van der Waals surface area contributed by atoms with E-state index in [0.29, 0.717) is 29.0 Å². The minimum atomic E-state index is -0.986. The highest BCUT2D eigenvalue weighted by Gasteiger charge is 2.15. The van der Waals surface area contributed by atoms with Gasteiger partial charge in [0.2, 0.25) is 5.95 Å². The van der Waals surface area contributed by atoms with Gasteiger partial charge >= 0.3 is 5.97 Å². The van der Waals surface area contributed by atoms with Crippen LogP contribution in [0.2, 0.25) is 0 Å². The normalized spacial score (nSPS) is 11.8. The van der Waals surface area contributed by atoms with Gasteiger partial charge in [-0.25, -0.2) is 9.97 Å². The first-order valence-electron chi connectivity index (χ1n) is 9.76. The highest BCUT2D eigenvalue weighted by Crippen LogP contribution is 2.18. The second-order valence-electron chi connectivity index (χ2n) is 7.19. The van der Waals surface area contributed by atoms with Crippen LogP contribution in [0, 0.1) is 0 Å². The topological polar surface area (TPSA) is 193 Å². The lowest BCUT2D eigenvalue weighted by Crippen LogP contribution is -2.37. The molecular weight excluding hydrogens is 416 g/mol. The zero-order valence-corrected chi connectivity index (χ0v) is 17.4. The number of carboxylic acids is 1. The number of fused-ring (bicyclic) bond motifs is 1. The molecule has 0 aliphatic rings. The standard InChI is InChI=1S/C20H24N8O4/c1-28(9-13-8-23-18-16(24-13)17(21)26-20(22)27-18)14-5-2-11(3-6-14)19(32)25-12(10-29)4-7-15(30)31/h2-3,5-6,8,12,29H,4,7,9-10H2,1H3,(H,25,32)(H,30,31)(H4,21,22,23,26,27). The van der Waals surface area contributed by atoms with Crippen molar-refractivity contribution in [2.24, 2.45) is 0 Å². The Morgan fingerprint density at radius 3 is 2.53 bits per heavy atom. The molecule has 12 nitrogen and oxygen atoms in total. The lowest BCUT2D eigenvalue weighted by atomic mass is 10.1. The van der Waals surface area contributed by atoms with Crippen molar-refractivity contribution in [1.82, 2.24) is 25.3 Å². The number of aliphatic hydroxyl groups is 1. The van der Waals surface area contributed by atoms with Crippen LogP contribution in [-0.2, 0) is 11.3 Å². The molecule has 0 saturated carbocycles. The average molecular weight is 440 g/mol. The number of rotatable bonds is 9. The van der Waals surface area contributed by atoms with Gasteiger partial charge in [-0.3, -0.25) is 9.59 Å². The van der Waals surface area contributed by atoms with Gasteiger partial charge in [-0.15, -0.1) is 0 Å². The monoisotopic (exact) mass is 440 g/mol. The van der Waals surface area contributed by atoms with Gasteiger partial charge in [-0.05, 0) is 30.7 Å². The molecule has 7 N–H and O–H groups in total. The Morgan fingerprint density at radius 2 is 1.88 bits per heavy atom. The molecule has 0 spiro atoms. The third-order valence-electron chi connectivity index (χ3n) is 4.73. The van der Waals surface area contributed by atoms with Crippen LogP contribution in [0.5, 0.6) is 0 Å². The van der Waals surface area contributed by atoms with Gasteiger partial charge in [0.1, 0.15) is 0 Å². The maximum Gasteiger partial charge on any atom is 0.303 e. The van der Waals surface area contributed by atoms with E-state index < -0.39 is 17.9 Å². The number of carbonyl (C=O) groups is 2. The smallest absolute Gasteiger partial charge is 0.303 e. The third-order valence-corrected chi connectivity index (χ3v) is 4.73. The minimum Gasteiger partial charge on any atom is -0.481 e. The Labute approximate surface area is 183 Å². The number of nitrogens with two attached hydrogens (primary N) is 2. The second-order valence-corrected chi connectivity index (χ2v) is 7.19. The molecule has 1 atom stereocenters. The minimum absolute atomic E-state index is 0.0329. The summed E-state index contributed by atoms with van der Waals surface area (Å²) in [4.78, 5) is 41.6. The SMILES string of the molecule is CN(Cc1cnc2nc(N)nc(N)c2n1)c1ccc(C(=O)NC(CO)CCC(=O)O)cc1. The van der Waals surface area contributed by atoms with Gasteiger partial charge in [0.25, 0.3) is 5.91 Å². The van der Waals surface area contributed by atoms with E-state index in [2.05, 4.69) is 25.3 Å². The summed E-state index contributed by atoms with van der Waals surface area (Å²) in [6.07, 6.45) is 1.59. The molecule has 168 valence electrons. The molecule has 3 rings (SSSR count). The fourth-order valence-electron chi connectivity index (χ4n) is 3.04. The predicted molar refractivity (Wildman–Crippen MR) is 118 cm³/mol. The molecule has 0 radical (unpaired) electrons. The number of amides is 1. The van der Waals surface area contributed by atoms with E-state index in [4.69, 9.17) is 16.6 Å². The first kappa shape index (κ1) is 22.6. The summed E-state index contributed by atoms with van der Waals surface area (Å²) < 4.78 is 0. The maximum absolute atomic E-state index is 12.4. The van der Waals surface area contributed by atoms with Crippen molar-refractivity contribution in [2.45, 2.75) is 25.4 Å². The summed E-state index contributed by atoms with van der Waals surface area (Å²) in [6.45, 7) is 0.0782. The molecule has 32 heavy (non-hydrogen) atoms. The van der Waals surface area contributed by atoms with Gasteiger partial charge < -0.3 is 31.9 Å². The van der Waals surface area contributed by atoms with Crippen LogP contribution in [-0.4, -0.2) is 61.7 Å². The Bertz CT molecular complexity index is 1120. The number of hydrogen-bond acceptors (Lipinski definition) is 10. The van der Waals surface area contributed by atoms with Crippen LogP contribution in [0.3, 0.4) is 0 Å². The van der Waals surface area contributed by atoms with Crippen LogP contribution in [0.4, 0.5) is 17.5 Å². The van der Waals surface area contributed by atoms with E-state index in [0.717, 1.165) is 5.69 Å². The summed E-state index contributed by atoms with van der Waals surface area (Å²) >= 11 is 0. The van der Waals surface area contributed by atoms with E-state index in [1.807, 2.05) is 11.9 Å². The van der Waals surface area contributed by atoms with Crippen molar-refractivity contribution in [3.05, 3.63) is 41.7 Å². The van der Waals surface area contributed by atoms with Crippen molar-refractivity contribution in [1.29, 1.82) is 0 Å². The van der Waals surface area contributed by atoms with Crippen molar-refractivity contribution in [2.75, 3.05) is 30.0 Å².